The zero-order valence-corrected chi connectivity index (χ0v) is 10.6. The fraction of sp³-hybridized carbons (Fsp3) is 0.545. The van der Waals surface area contributed by atoms with E-state index in [4.69, 9.17) is 9.47 Å². The predicted octanol–water partition coefficient (Wildman–Crippen LogP) is -0.0889. The van der Waals surface area contributed by atoms with E-state index in [2.05, 4.69) is 20.6 Å². The highest BCUT2D eigenvalue weighted by Gasteiger charge is 2.07. The minimum atomic E-state index is -0.269. The summed E-state index contributed by atoms with van der Waals surface area (Å²) in [6.45, 7) is 1.92. The summed E-state index contributed by atoms with van der Waals surface area (Å²) in [5.74, 6) is 0.286. The zero-order chi connectivity index (χ0) is 13.2. The summed E-state index contributed by atoms with van der Waals surface area (Å²) in [6, 6.07) is 0. The lowest BCUT2D eigenvalue weighted by atomic mass is 10.4. The lowest BCUT2D eigenvalue weighted by Gasteiger charge is -2.06. The van der Waals surface area contributed by atoms with Crippen LogP contribution in [0.3, 0.4) is 0 Å². The molecule has 0 aliphatic heterocycles. The molecule has 18 heavy (non-hydrogen) atoms. The van der Waals surface area contributed by atoms with Gasteiger partial charge in [0.05, 0.1) is 32.2 Å². The second-order valence-electron chi connectivity index (χ2n) is 3.40. The molecule has 0 fully saturated rings. The summed E-state index contributed by atoms with van der Waals surface area (Å²) in [6.07, 6.45) is 2.96. The van der Waals surface area contributed by atoms with Crippen LogP contribution in [0.4, 0.5) is 5.82 Å². The van der Waals surface area contributed by atoms with Crippen LogP contribution >= 0.6 is 0 Å². The van der Waals surface area contributed by atoms with E-state index in [-0.39, 0.29) is 11.6 Å². The van der Waals surface area contributed by atoms with Crippen molar-refractivity contribution >= 4 is 11.7 Å². The van der Waals surface area contributed by atoms with E-state index in [1.165, 1.54) is 6.20 Å². The monoisotopic (exact) mass is 254 g/mol. The number of carbonyl (C=O) groups is 1. The second-order valence-corrected chi connectivity index (χ2v) is 3.40. The van der Waals surface area contributed by atoms with Crippen molar-refractivity contribution in [2.24, 2.45) is 0 Å². The first-order valence-corrected chi connectivity index (χ1v) is 5.62. The van der Waals surface area contributed by atoms with Crippen molar-refractivity contribution in [3.8, 4) is 0 Å². The summed E-state index contributed by atoms with van der Waals surface area (Å²) in [4.78, 5) is 19.7. The summed E-state index contributed by atoms with van der Waals surface area (Å²) >= 11 is 0. The SMILES string of the molecule is CNc1cncc(C(=O)NCCOCCOC)n1. The Morgan fingerprint density at radius 2 is 2.17 bits per heavy atom. The number of ether oxygens (including phenoxy) is 2. The molecule has 7 heteroatoms. The van der Waals surface area contributed by atoms with E-state index < -0.39 is 0 Å². The number of amides is 1. The third kappa shape index (κ3) is 5.07. The number of nitrogens with one attached hydrogen (secondary N) is 2. The maximum Gasteiger partial charge on any atom is 0.271 e. The normalized spacial score (nSPS) is 10.1. The Morgan fingerprint density at radius 1 is 1.33 bits per heavy atom. The Labute approximate surface area is 106 Å². The van der Waals surface area contributed by atoms with Gasteiger partial charge in [-0.2, -0.15) is 0 Å². The molecule has 0 unspecified atom stereocenters. The molecule has 1 aromatic heterocycles. The van der Waals surface area contributed by atoms with E-state index in [0.717, 1.165) is 0 Å². The van der Waals surface area contributed by atoms with E-state index in [9.17, 15) is 4.79 Å². The molecular formula is C11H18N4O3. The highest BCUT2D eigenvalue weighted by atomic mass is 16.5. The first kappa shape index (κ1) is 14.3. The Balaban J connectivity index is 2.27. The van der Waals surface area contributed by atoms with Gasteiger partial charge in [-0.1, -0.05) is 0 Å². The van der Waals surface area contributed by atoms with Crippen LogP contribution in [0, 0.1) is 0 Å². The molecule has 1 rings (SSSR count). The molecule has 100 valence electrons. The third-order valence-corrected chi connectivity index (χ3v) is 2.09. The second kappa shape index (κ2) is 8.37. The van der Waals surface area contributed by atoms with Gasteiger partial charge < -0.3 is 20.1 Å². The topological polar surface area (TPSA) is 85.4 Å². The highest BCUT2D eigenvalue weighted by molar-refractivity contribution is 5.92. The number of nitrogens with zero attached hydrogens (tertiary/aromatic N) is 2. The van der Waals surface area contributed by atoms with Crippen LogP contribution in [0.15, 0.2) is 12.4 Å². The van der Waals surface area contributed by atoms with Gasteiger partial charge >= 0.3 is 0 Å². The quantitative estimate of drug-likeness (QED) is 0.631. The Kier molecular flexibility index (Phi) is 6.67. The van der Waals surface area contributed by atoms with Crippen molar-refractivity contribution in [1.29, 1.82) is 0 Å². The predicted molar refractivity (Wildman–Crippen MR) is 66.6 cm³/mol. The first-order chi connectivity index (χ1) is 8.77. The fourth-order valence-electron chi connectivity index (χ4n) is 1.17. The number of anilines is 1. The van der Waals surface area contributed by atoms with Crippen LogP contribution in [0.5, 0.6) is 0 Å². The van der Waals surface area contributed by atoms with Crippen LogP contribution in [0.2, 0.25) is 0 Å². The molecule has 2 N–H and O–H groups in total. The molecule has 0 aromatic carbocycles. The van der Waals surface area contributed by atoms with Gasteiger partial charge in [0.15, 0.2) is 0 Å². The van der Waals surface area contributed by atoms with Gasteiger partial charge in [0, 0.05) is 20.7 Å². The fourth-order valence-corrected chi connectivity index (χ4v) is 1.17. The van der Waals surface area contributed by atoms with Crippen LogP contribution in [0.1, 0.15) is 10.5 Å². The molecule has 7 nitrogen and oxygen atoms in total. The maximum atomic E-state index is 11.7. The van der Waals surface area contributed by atoms with Gasteiger partial charge in [-0.25, -0.2) is 4.98 Å². The molecule has 0 aliphatic carbocycles. The summed E-state index contributed by atoms with van der Waals surface area (Å²) in [5, 5.41) is 5.51. The van der Waals surface area contributed by atoms with Gasteiger partial charge in [0.25, 0.3) is 5.91 Å². The van der Waals surface area contributed by atoms with Crippen molar-refractivity contribution in [1.82, 2.24) is 15.3 Å². The van der Waals surface area contributed by atoms with Gasteiger partial charge in [-0.15, -0.1) is 0 Å². The lowest BCUT2D eigenvalue weighted by molar-refractivity contribution is 0.0691. The van der Waals surface area contributed by atoms with E-state index in [1.807, 2.05) is 0 Å². The number of carbonyl (C=O) groups excluding carboxylic acids is 1. The molecule has 0 radical (unpaired) electrons. The van der Waals surface area contributed by atoms with E-state index in [0.29, 0.717) is 32.2 Å². The van der Waals surface area contributed by atoms with E-state index >= 15 is 0 Å². The van der Waals surface area contributed by atoms with Crippen LogP contribution in [-0.2, 0) is 9.47 Å². The number of rotatable bonds is 8. The van der Waals surface area contributed by atoms with Gasteiger partial charge in [0.1, 0.15) is 11.5 Å². The molecule has 0 saturated heterocycles. The zero-order valence-electron chi connectivity index (χ0n) is 10.6. The number of hydrogen-bond acceptors (Lipinski definition) is 6. The van der Waals surface area contributed by atoms with Crippen molar-refractivity contribution < 1.29 is 14.3 Å². The standard InChI is InChI=1S/C11H18N4O3/c1-12-10-8-13-7-9(15-10)11(16)14-3-4-18-6-5-17-2/h7-8H,3-6H2,1-2H3,(H,12,15)(H,14,16). The van der Waals surface area contributed by atoms with E-state index in [1.54, 1.807) is 20.4 Å². The number of methoxy groups -OCH3 is 1. The minimum absolute atomic E-state index is 0.269. The van der Waals surface area contributed by atoms with Crippen molar-refractivity contribution in [3.63, 3.8) is 0 Å². The molecule has 1 aromatic rings. The third-order valence-electron chi connectivity index (χ3n) is 2.09. The average molecular weight is 254 g/mol. The Hall–Kier alpha value is -1.73. The minimum Gasteiger partial charge on any atom is -0.382 e. The summed E-state index contributed by atoms with van der Waals surface area (Å²) in [7, 11) is 3.33. The summed E-state index contributed by atoms with van der Waals surface area (Å²) < 4.78 is 10.0. The van der Waals surface area contributed by atoms with Crippen LogP contribution < -0.4 is 10.6 Å². The van der Waals surface area contributed by atoms with Crippen molar-refractivity contribution in [2.45, 2.75) is 0 Å². The van der Waals surface area contributed by atoms with Gasteiger partial charge in [-0.05, 0) is 0 Å². The molecule has 0 saturated carbocycles. The molecule has 0 aliphatic rings. The highest BCUT2D eigenvalue weighted by Crippen LogP contribution is 2.00. The maximum absolute atomic E-state index is 11.7. The molecule has 0 bridgehead atoms. The largest absolute Gasteiger partial charge is 0.382 e. The average Bonchev–Trinajstić information content (AvgIpc) is 2.42. The number of aromatic nitrogens is 2. The van der Waals surface area contributed by atoms with Crippen LogP contribution in [-0.4, -0.2) is 56.4 Å². The van der Waals surface area contributed by atoms with Gasteiger partial charge in [-0.3, -0.25) is 9.78 Å². The lowest BCUT2D eigenvalue weighted by Crippen LogP contribution is -2.28. The molecule has 0 atom stereocenters. The molecule has 1 heterocycles. The Morgan fingerprint density at radius 3 is 2.89 bits per heavy atom. The Bertz CT molecular complexity index is 373. The first-order valence-electron chi connectivity index (χ1n) is 5.62. The smallest absolute Gasteiger partial charge is 0.271 e. The molecule has 1 amide bonds. The van der Waals surface area contributed by atoms with Crippen LogP contribution in [0.25, 0.3) is 0 Å². The van der Waals surface area contributed by atoms with Crippen molar-refractivity contribution in [3.05, 3.63) is 18.1 Å². The number of hydrogen-bond donors (Lipinski definition) is 2. The van der Waals surface area contributed by atoms with Crippen molar-refractivity contribution in [2.75, 3.05) is 45.8 Å². The summed E-state index contributed by atoms with van der Waals surface area (Å²) in [5.41, 5.74) is 0.277. The van der Waals surface area contributed by atoms with Gasteiger partial charge in [0.2, 0.25) is 0 Å². The molecule has 0 spiro atoms. The molecular weight excluding hydrogens is 236 g/mol.